The quantitative estimate of drug-likeness (QED) is 0.271. The fraction of sp³-hybridized carbons (Fsp3) is 0.231. The molecule has 36 heavy (non-hydrogen) atoms. The van der Waals surface area contributed by atoms with E-state index in [0.717, 1.165) is 18.2 Å². The van der Waals surface area contributed by atoms with Crippen LogP contribution in [-0.2, 0) is 9.53 Å². The molecule has 0 unspecified atom stereocenters. The van der Waals surface area contributed by atoms with Crippen molar-refractivity contribution in [2.24, 2.45) is 5.92 Å². The van der Waals surface area contributed by atoms with E-state index in [9.17, 15) is 18.4 Å². The SMILES string of the molecule is CCOC(=O)c1cc(-c2ccc(NC(C)=O)cc2)c(C(=N)C2CNC2)c(Nc2cc(F)cc(F)c2)n1. The number of pyridine rings is 1. The fourth-order valence-electron chi connectivity index (χ4n) is 3.84. The number of hydrogen-bond acceptors (Lipinski definition) is 7. The number of amides is 1. The number of benzene rings is 2. The third kappa shape index (κ3) is 5.55. The summed E-state index contributed by atoms with van der Waals surface area (Å²) in [4.78, 5) is 28.5. The number of esters is 1. The molecule has 1 aliphatic rings. The number of nitrogens with one attached hydrogen (secondary N) is 4. The van der Waals surface area contributed by atoms with Gasteiger partial charge in [0.2, 0.25) is 5.91 Å². The summed E-state index contributed by atoms with van der Waals surface area (Å²) in [6, 6.07) is 11.4. The second kappa shape index (κ2) is 10.6. The first-order valence-electron chi connectivity index (χ1n) is 11.4. The number of halogens is 2. The summed E-state index contributed by atoms with van der Waals surface area (Å²) >= 11 is 0. The Kier molecular flexibility index (Phi) is 7.35. The molecule has 2 heterocycles. The van der Waals surface area contributed by atoms with Crippen LogP contribution in [0.1, 0.15) is 29.9 Å². The first kappa shape index (κ1) is 24.9. The number of carbonyl (C=O) groups excluding carboxylic acids is 2. The van der Waals surface area contributed by atoms with Gasteiger partial charge < -0.3 is 26.1 Å². The van der Waals surface area contributed by atoms with Crippen LogP contribution < -0.4 is 16.0 Å². The van der Waals surface area contributed by atoms with E-state index in [1.54, 1.807) is 37.3 Å². The summed E-state index contributed by atoms with van der Waals surface area (Å²) in [7, 11) is 0. The Hall–Kier alpha value is -4.18. The molecule has 0 spiro atoms. The molecule has 1 aromatic heterocycles. The predicted octanol–water partition coefficient (Wildman–Crippen LogP) is 4.49. The first-order chi connectivity index (χ1) is 17.2. The van der Waals surface area contributed by atoms with Crippen LogP contribution >= 0.6 is 0 Å². The summed E-state index contributed by atoms with van der Waals surface area (Å²) in [6.45, 7) is 4.38. The molecule has 1 saturated heterocycles. The molecule has 0 aliphatic carbocycles. The second-order valence-corrected chi connectivity index (χ2v) is 8.31. The third-order valence-corrected chi connectivity index (χ3v) is 5.60. The number of nitrogens with zero attached hydrogens (tertiary/aromatic N) is 1. The molecule has 186 valence electrons. The van der Waals surface area contributed by atoms with Gasteiger partial charge in [0.05, 0.1) is 6.61 Å². The average molecular weight is 494 g/mol. The highest BCUT2D eigenvalue weighted by Crippen LogP contribution is 2.34. The van der Waals surface area contributed by atoms with Gasteiger partial charge in [0, 0.05) is 54.6 Å². The highest BCUT2D eigenvalue weighted by atomic mass is 19.1. The van der Waals surface area contributed by atoms with Crippen molar-refractivity contribution < 1.29 is 23.1 Å². The first-order valence-corrected chi connectivity index (χ1v) is 11.4. The molecule has 4 N–H and O–H groups in total. The van der Waals surface area contributed by atoms with Gasteiger partial charge in [0.15, 0.2) is 5.69 Å². The molecule has 2 aromatic carbocycles. The van der Waals surface area contributed by atoms with Crippen molar-refractivity contribution in [1.29, 1.82) is 5.41 Å². The smallest absolute Gasteiger partial charge is 0.357 e. The Morgan fingerprint density at radius 3 is 2.31 bits per heavy atom. The average Bonchev–Trinajstić information content (AvgIpc) is 2.77. The van der Waals surface area contributed by atoms with E-state index in [1.807, 2.05) is 0 Å². The van der Waals surface area contributed by atoms with Gasteiger partial charge in [-0.25, -0.2) is 18.6 Å². The van der Waals surface area contributed by atoms with Crippen molar-refractivity contribution in [3.8, 4) is 11.1 Å². The van der Waals surface area contributed by atoms with Crippen molar-refractivity contribution in [1.82, 2.24) is 10.3 Å². The number of aromatic nitrogens is 1. The van der Waals surface area contributed by atoms with Crippen LogP contribution in [0.15, 0.2) is 48.5 Å². The molecule has 8 nitrogen and oxygen atoms in total. The highest BCUT2D eigenvalue weighted by Gasteiger charge is 2.29. The zero-order valence-corrected chi connectivity index (χ0v) is 19.7. The monoisotopic (exact) mass is 493 g/mol. The number of anilines is 3. The van der Waals surface area contributed by atoms with Crippen LogP contribution in [0.3, 0.4) is 0 Å². The van der Waals surface area contributed by atoms with Gasteiger partial charge in [-0.15, -0.1) is 0 Å². The Bertz CT molecular complexity index is 1300. The summed E-state index contributed by atoms with van der Waals surface area (Å²) < 4.78 is 33.0. The topological polar surface area (TPSA) is 116 Å². The summed E-state index contributed by atoms with van der Waals surface area (Å²) in [5.41, 5.74) is 2.45. The number of hydrogen-bond donors (Lipinski definition) is 4. The Morgan fingerprint density at radius 2 is 1.75 bits per heavy atom. The normalized spacial score (nSPS) is 13.0. The largest absolute Gasteiger partial charge is 0.461 e. The Labute approximate surface area is 206 Å². The zero-order chi connectivity index (χ0) is 25.8. The van der Waals surface area contributed by atoms with Gasteiger partial charge >= 0.3 is 5.97 Å². The molecule has 1 aliphatic heterocycles. The van der Waals surface area contributed by atoms with Crippen molar-refractivity contribution >= 4 is 34.8 Å². The Morgan fingerprint density at radius 1 is 1.08 bits per heavy atom. The lowest BCUT2D eigenvalue weighted by Gasteiger charge is -2.30. The maximum absolute atomic E-state index is 13.9. The molecule has 3 aromatic rings. The standard InChI is InChI=1S/C26H25F2N5O3/c1-3-36-26(35)22-11-21(15-4-6-19(7-5-15)31-14(2)34)23(24(29)16-12-30-13-16)25(33-22)32-20-9-17(27)8-18(28)10-20/h4-11,16,29-30H,3,12-13H2,1-2H3,(H,31,34)(H,32,33). The van der Waals surface area contributed by atoms with Gasteiger partial charge in [-0.3, -0.25) is 4.79 Å². The fourth-order valence-corrected chi connectivity index (χ4v) is 3.84. The van der Waals surface area contributed by atoms with Crippen LogP contribution in [0.2, 0.25) is 0 Å². The van der Waals surface area contributed by atoms with E-state index in [1.165, 1.54) is 6.92 Å². The van der Waals surface area contributed by atoms with E-state index in [0.29, 0.717) is 35.5 Å². The number of ether oxygens (including phenoxy) is 1. The van der Waals surface area contributed by atoms with Crippen LogP contribution in [0.5, 0.6) is 0 Å². The lowest BCUT2D eigenvalue weighted by atomic mass is 9.87. The molecule has 4 rings (SSSR count). The van der Waals surface area contributed by atoms with Crippen molar-refractivity contribution in [3.63, 3.8) is 0 Å². The Balaban J connectivity index is 1.89. The van der Waals surface area contributed by atoms with Crippen molar-refractivity contribution in [2.75, 3.05) is 30.3 Å². The molecular weight excluding hydrogens is 468 g/mol. The highest BCUT2D eigenvalue weighted by molar-refractivity contribution is 6.11. The lowest BCUT2D eigenvalue weighted by molar-refractivity contribution is -0.114. The van der Waals surface area contributed by atoms with Crippen molar-refractivity contribution in [3.05, 3.63) is 71.4 Å². The molecule has 0 atom stereocenters. The summed E-state index contributed by atoms with van der Waals surface area (Å²) in [5, 5.41) is 17.7. The molecular formula is C26H25F2N5O3. The van der Waals surface area contributed by atoms with E-state index < -0.39 is 17.6 Å². The van der Waals surface area contributed by atoms with Gasteiger partial charge in [0.1, 0.15) is 17.5 Å². The van der Waals surface area contributed by atoms with Crippen LogP contribution in [0, 0.1) is 23.0 Å². The van der Waals surface area contributed by atoms with E-state index >= 15 is 0 Å². The molecule has 0 radical (unpaired) electrons. The summed E-state index contributed by atoms with van der Waals surface area (Å²) in [5.74, 6) is -2.47. The van der Waals surface area contributed by atoms with Crippen LogP contribution in [-0.4, -0.2) is 42.3 Å². The maximum atomic E-state index is 13.9. The van der Waals surface area contributed by atoms with Gasteiger partial charge in [-0.1, -0.05) is 12.1 Å². The zero-order valence-electron chi connectivity index (χ0n) is 19.7. The molecule has 0 saturated carbocycles. The number of rotatable bonds is 8. The van der Waals surface area contributed by atoms with Gasteiger partial charge in [-0.05, 0) is 48.4 Å². The third-order valence-electron chi connectivity index (χ3n) is 5.60. The van der Waals surface area contributed by atoms with E-state index in [4.69, 9.17) is 10.1 Å². The predicted molar refractivity (Wildman–Crippen MR) is 133 cm³/mol. The molecule has 0 bridgehead atoms. The van der Waals surface area contributed by atoms with Crippen LogP contribution in [0.25, 0.3) is 11.1 Å². The van der Waals surface area contributed by atoms with Gasteiger partial charge in [0.25, 0.3) is 0 Å². The second-order valence-electron chi connectivity index (χ2n) is 8.31. The molecule has 1 amide bonds. The van der Waals surface area contributed by atoms with Gasteiger partial charge in [-0.2, -0.15) is 0 Å². The molecule has 10 heteroatoms. The number of carbonyl (C=O) groups is 2. The van der Waals surface area contributed by atoms with Crippen LogP contribution in [0.4, 0.5) is 26.0 Å². The minimum atomic E-state index is -0.785. The molecule has 1 fully saturated rings. The summed E-state index contributed by atoms with van der Waals surface area (Å²) in [6.07, 6.45) is 0. The van der Waals surface area contributed by atoms with E-state index in [-0.39, 0.29) is 41.3 Å². The minimum absolute atomic E-state index is 0.0274. The van der Waals surface area contributed by atoms with Crippen molar-refractivity contribution in [2.45, 2.75) is 13.8 Å². The lowest BCUT2D eigenvalue weighted by Crippen LogP contribution is -2.46. The van der Waals surface area contributed by atoms with E-state index in [2.05, 4.69) is 20.9 Å². The minimum Gasteiger partial charge on any atom is -0.461 e. The maximum Gasteiger partial charge on any atom is 0.357 e.